The summed E-state index contributed by atoms with van der Waals surface area (Å²) in [6.45, 7) is 0. The average molecular weight is 223 g/mol. The minimum atomic E-state index is 0.867. The summed E-state index contributed by atoms with van der Waals surface area (Å²) in [6.07, 6.45) is 15.0. The number of rotatable bonds is 5. The third-order valence-electron chi connectivity index (χ3n) is 4.89. The lowest BCUT2D eigenvalue weighted by atomic mass is 9.90. The van der Waals surface area contributed by atoms with E-state index in [-0.39, 0.29) is 0 Å². The maximum absolute atomic E-state index is 2.50. The largest absolute Gasteiger partial charge is 0.306 e. The molecular formula is C15H29N. The van der Waals surface area contributed by atoms with Crippen molar-refractivity contribution >= 4 is 0 Å². The summed E-state index contributed by atoms with van der Waals surface area (Å²) in [4.78, 5) is 2.50. The zero-order chi connectivity index (χ0) is 11.4. The first-order valence-electron chi connectivity index (χ1n) is 7.42. The maximum Gasteiger partial charge on any atom is 0.00944 e. The van der Waals surface area contributed by atoms with E-state index >= 15 is 0 Å². The zero-order valence-electron chi connectivity index (χ0n) is 11.3. The summed E-state index contributed by atoms with van der Waals surface area (Å²) in [7, 11) is 4.57. The van der Waals surface area contributed by atoms with E-state index < -0.39 is 0 Å². The molecule has 0 aromatic rings. The summed E-state index contributed by atoms with van der Waals surface area (Å²) in [5.74, 6) is 2.10. The van der Waals surface area contributed by atoms with Gasteiger partial charge in [0.05, 0.1) is 0 Å². The Morgan fingerprint density at radius 3 is 1.50 bits per heavy atom. The van der Waals surface area contributed by atoms with E-state index in [1.54, 1.807) is 0 Å². The molecule has 16 heavy (non-hydrogen) atoms. The van der Waals surface area contributed by atoms with Crippen LogP contribution in [0.2, 0.25) is 0 Å². The van der Waals surface area contributed by atoms with Crippen LogP contribution in [0.15, 0.2) is 0 Å². The topological polar surface area (TPSA) is 3.24 Å². The Morgan fingerprint density at radius 2 is 1.19 bits per heavy atom. The second kappa shape index (κ2) is 6.05. The molecule has 0 unspecified atom stereocenters. The van der Waals surface area contributed by atoms with E-state index in [2.05, 4.69) is 19.0 Å². The summed E-state index contributed by atoms with van der Waals surface area (Å²) < 4.78 is 0. The van der Waals surface area contributed by atoms with Gasteiger partial charge in [0.1, 0.15) is 0 Å². The Labute approximate surface area is 102 Å². The highest BCUT2D eigenvalue weighted by Gasteiger charge is 2.25. The molecule has 0 atom stereocenters. The van der Waals surface area contributed by atoms with Crippen LogP contribution in [0.4, 0.5) is 0 Å². The fourth-order valence-corrected chi connectivity index (χ4v) is 3.78. The van der Waals surface area contributed by atoms with Gasteiger partial charge in [-0.3, -0.25) is 0 Å². The van der Waals surface area contributed by atoms with E-state index in [0.717, 1.165) is 17.9 Å². The van der Waals surface area contributed by atoms with Gasteiger partial charge >= 0.3 is 0 Å². The lowest BCUT2D eigenvalue weighted by Gasteiger charge is -2.29. The van der Waals surface area contributed by atoms with Crippen molar-refractivity contribution in [2.75, 3.05) is 14.1 Å². The second-order valence-corrected chi connectivity index (χ2v) is 6.39. The first-order chi connectivity index (χ1) is 7.75. The lowest BCUT2D eigenvalue weighted by Crippen LogP contribution is -2.31. The standard InChI is InChI=1S/C15H29N/c1-16(2)15(11-13-7-3-4-8-13)12-14-9-5-6-10-14/h13-15H,3-12H2,1-2H3. The number of nitrogens with zero attached hydrogens (tertiary/aromatic N) is 1. The molecule has 0 N–H and O–H groups in total. The molecule has 2 aliphatic rings. The van der Waals surface area contributed by atoms with Crippen molar-refractivity contribution < 1.29 is 0 Å². The van der Waals surface area contributed by atoms with Crippen molar-refractivity contribution in [1.29, 1.82) is 0 Å². The van der Waals surface area contributed by atoms with E-state index in [1.165, 1.54) is 64.2 Å². The quantitative estimate of drug-likeness (QED) is 0.679. The molecule has 0 saturated heterocycles. The minimum absolute atomic E-state index is 0.867. The van der Waals surface area contributed by atoms with Gasteiger partial charge < -0.3 is 4.90 Å². The average Bonchev–Trinajstić information content (AvgIpc) is 2.88. The Morgan fingerprint density at radius 1 is 0.812 bits per heavy atom. The summed E-state index contributed by atoms with van der Waals surface area (Å²) >= 11 is 0. The third kappa shape index (κ3) is 3.48. The van der Waals surface area contributed by atoms with Gasteiger partial charge in [0.15, 0.2) is 0 Å². The Balaban J connectivity index is 1.78. The van der Waals surface area contributed by atoms with Gasteiger partial charge in [0, 0.05) is 6.04 Å². The van der Waals surface area contributed by atoms with E-state index in [4.69, 9.17) is 0 Å². The van der Waals surface area contributed by atoms with Crippen LogP contribution in [-0.4, -0.2) is 25.0 Å². The maximum atomic E-state index is 2.50. The molecule has 2 saturated carbocycles. The van der Waals surface area contributed by atoms with Crippen molar-refractivity contribution in [3.05, 3.63) is 0 Å². The highest BCUT2D eigenvalue weighted by molar-refractivity contribution is 4.79. The number of hydrogen-bond donors (Lipinski definition) is 0. The van der Waals surface area contributed by atoms with Crippen molar-refractivity contribution in [3.8, 4) is 0 Å². The molecule has 1 heteroatoms. The fraction of sp³-hybridized carbons (Fsp3) is 1.00. The Bertz CT molecular complexity index is 170. The van der Waals surface area contributed by atoms with Gasteiger partial charge in [0.2, 0.25) is 0 Å². The molecule has 0 heterocycles. The molecule has 0 amide bonds. The van der Waals surface area contributed by atoms with Crippen molar-refractivity contribution in [2.45, 2.75) is 70.3 Å². The van der Waals surface area contributed by atoms with Crippen LogP contribution >= 0.6 is 0 Å². The Hall–Kier alpha value is -0.0400. The predicted octanol–water partition coefficient (Wildman–Crippen LogP) is 4.08. The predicted molar refractivity (Wildman–Crippen MR) is 70.6 cm³/mol. The van der Waals surface area contributed by atoms with Crippen LogP contribution in [0.1, 0.15) is 64.2 Å². The molecule has 0 aliphatic heterocycles. The molecule has 0 spiro atoms. The van der Waals surface area contributed by atoms with Crippen LogP contribution < -0.4 is 0 Å². The monoisotopic (exact) mass is 223 g/mol. The molecule has 0 radical (unpaired) electrons. The molecule has 2 fully saturated rings. The minimum Gasteiger partial charge on any atom is -0.306 e. The first kappa shape index (κ1) is 12.4. The van der Waals surface area contributed by atoms with Crippen LogP contribution in [0.5, 0.6) is 0 Å². The van der Waals surface area contributed by atoms with Crippen molar-refractivity contribution in [3.63, 3.8) is 0 Å². The van der Waals surface area contributed by atoms with Gasteiger partial charge in [-0.1, -0.05) is 51.4 Å². The van der Waals surface area contributed by atoms with Gasteiger partial charge in [-0.05, 0) is 38.8 Å². The lowest BCUT2D eigenvalue weighted by molar-refractivity contribution is 0.206. The summed E-state index contributed by atoms with van der Waals surface area (Å²) in [5.41, 5.74) is 0. The molecule has 2 rings (SSSR count). The molecule has 0 bridgehead atoms. The van der Waals surface area contributed by atoms with Crippen LogP contribution in [0.25, 0.3) is 0 Å². The molecule has 1 nitrogen and oxygen atoms in total. The first-order valence-corrected chi connectivity index (χ1v) is 7.42. The van der Waals surface area contributed by atoms with Gasteiger partial charge in [0.25, 0.3) is 0 Å². The van der Waals surface area contributed by atoms with Crippen molar-refractivity contribution in [2.24, 2.45) is 11.8 Å². The molecule has 0 aromatic carbocycles. The number of hydrogen-bond acceptors (Lipinski definition) is 1. The van der Waals surface area contributed by atoms with Crippen LogP contribution in [-0.2, 0) is 0 Å². The Kier molecular flexibility index (Phi) is 4.69. The summed E-state index contributed by atoms with van der Waals surface area (Å²) in [6, 6.07) is 0.867. The van der Waals surface area contributed by atoms with Gasteiger partial charge in [-0.15, -0.1) is 0 Å². The van der Waals surface area contributed by atoms with E-state index in [0.29, 0.717) is 0 Å². The fourth-order valence-electron chi connectivity index (χ4n) is 3.78. The smallest absolute Gasteiger partial charge is 0.00944 e. The van der Waals surface area contributed by atoms with Gasteiger partial charge in [-0.25, -0.2) is 0 Å². The van der Waals surface area contributed by atoms with E-state index in [9.17, 15) is 0 Å². The van der Waals surface area contributed by atoms with Crippen molar-refractivity contribution in [1.82, 2.24) is 4.90 Å². The second-order valence-electron chi connectivity index (χ2n) is 6.39. The highest BCUT2D eigenvalue weighted by Crippen LogP contribution is 2.34. The SMILES string of the molecule is CN(C)C(CC1CCCC1)CC1CCCC1. The highest BCUT2D eigenvalue weighted by atomic mass is 15.1. The third-order valence-corrected chi connectivity index (χ3v) is 4.89. The zero-order valence-corrected chi connectivity index (χ0v) is 11.3. The van der Waals surface area contributed by atoms with Gasteiger partial charge in [-0.2, -0.15) is 0 Å². The van der Waals surface area contributed by atoms with Crippen LogP contribution in [0, 0.1) is 11.8 Å². The molecule has 2 aliphatic carbocycles. The van der Waals surface area contributed by atoms with E-state index in [1.807, 2.05) is 0 Å². The normalized spacial score (nSPS) is 24.0. The molecule has 0 aromatic heterocycles. The summed E-state index contributed by atoms with van der Waals surface area (Å²) in [5, 5.41) is 0. The molecule has 94 valence electrons. The molecular weight excluding hydrogens is 194 g/mol. The van der Waals surface area contributed by atoms with Crippen LogP contribution in [0.3, 0.4) is 0 Å².